The van der Waals surface area contributed by atoms with Gasteiger partial charge < -0.3 is 14.6 Å². The standard InChI is InChI=1S/C21H32N4O2/c1-3-7-24-9-5-6-16-20(25(8-4-2)21(24)26)23-19(22-16)18-13-10-14-15(18)12-27-17(14)11-13/h13-15,17-18H,3-12H2,1-2H3,(H,22,23). The normalized spacial score (nSPS) is 34.9. The second-order valence-corrected chi connectivity index (χ2v) is 8.91. The molecule has 2 aliphatic carbocycles. The average Bonchev–Trinajstić information content (AvgIpc) is 3.37. The monoisotopic (exact) mass is 372 g/mol. The van der Waals surface area contributed by atoms with Crippen LogP contribution in [0.15, 0.2) is 0 Å². The number of ether oxygens (including phenoxy) is 1. The first-order valence-corrected chi connectivity index (χ1v) is 11.0. The van der Waals surface area contributed by atoms with Crippen molar-refractivity contribution in [1.82, 2.24) is 14.9 Å². The molecule has 27 heavy (non-hydrogen) atoms. The number of rotatable bonds is 5. The van der Waals surface area contributed by atoms with E-state index in [1.807, 2.05) is 9.80 Å². The highest BCUT2D eigenvalue weighted by atomic mass is 16.5. The highest BCUT2D eigenvalue weighted by molar-refractivity contribution is 5.91. The van der Waals surface area contributed by atoms with Gasteiger partial charge in [0.2, 0.25) is 0 Å². The molecule has 1 aromatic heterocycles. The number of imidazole rings is 1. The van der Waals surface area contributed by atoms with Gasteiger partial charge >= 0.3 is 6.03 Å². The summed E-state index contributed by atoms with van der Waals surface area (Å²) in [4.78, 5) is 25.9. The SMILES string of the molecule is CCCN1CCCc2[nH]c(C3C4CC5OCC3C5C4)nc2N(CCC)C1=O. The Hall–Kier alpha value is -1.56. The second kappa shape index (κ2) is 6.80. The van der Waals surface area contributed by atoms with E-state index in [-0.39, 0.29) is 6.03 Å². The number of nitrogens with one attached hydrogen (secondary N) is 1. The molecule has 1 N–H and O–H groups in total. The van der Waals surface area contributed by atoms with Crippen molar-refractivity contribution >= 4 is 11.8 Å². The fraction of sp³-hybridized carbons (Fsp3) is 0.810. The first-order chi connectivity index (χ1) is 13.2. The van der Waals surface area contributed by atoms with E-state index in [9.17, 15) is 4.79 Å². The molecule has 2 amide bonds. The third-order valence-electron chi connectivity index (χ3n) is 7.25. The first-order valence-electron chi connectivity index (χ1n) is 11.0. The molecule has 6 nitrogen and oxygen atoms in total. The molecule has 1 saturated heterocycles. The third kappa shape index (κ3) is 2.71. The number of aromatic amines is 1. The molecular weight excluding hydrogens is 340 g/mol. The van der Waals surface area contributed by atoms with Crippen LogP contribution in [0.25, 0.3) is 0 Å². The molecule has 2 saturated carbocycles. The highest BCUT2D eigenvalue weighted by Gasteiger charge is 2.58. The molecule has 0 spiro atoms. The fourth-order valence-electron chi connectivity index (χ4n) is 6.19. The van der Waals surface area contributed by atoms with E-state index in [0.29, 0.717) is 23.9 Å². The van der Waals surface area contributed by atoms with E-state index in [0.717, 1.165) is 69.5 Å². The van der Waals surface area contributed by atoms with Gasteiger partial charge in [0.25, 0.3) is 0 Å². The molecule has 2 aliphatic heterocycles. The van der Waals surface area contributed by atoms with E-state index in [1.165, 1.54) is 18.5 Å². The number of carbonyl (C=O) groups is 1. The van der Waals surface area contributed by atoms with E-state index in [4.69, 9.17) is 9.72 Å². The van der Waals surface area contributed by atoms with Crippen molar-refractivity contribution < 1.29 is 9.53 Å². The Morgan fingerprint density at radius 3 is 2.85 bits per heavy atom. The zero-order valence-corrected chi connectivity index (χ0v) is 16.6. The van der Waals surface area contributed by atoms with Gasteiger partial charge in [0, 0.05) is 25.6 Å². The van der Waals surface area contributed by atoms with Gasteiger partial charge in [-0.2, -0.15) is 0 Å². The lowest BCUT2D eigenvalue weighted by molar-refractivity contribution is 0.101. The van der Waals surface area contributed by atoms with Crippen LogP contribution in [0.2, 0.25) is 0 Å². The van der Waals surface area contributed by atoms with Crippen LogP contribution >= 0.6 is 0 Å². The van der Waals surface area contributed by atoms with Crippen molar-refractivity contribution in [3.63, 3.8) is 0 Å². The smallest absolute Gasteiger partial charge is 0.325 e. The number of amides is 2. The molecule has 5 atom stereocenters. The maximum Gasteiger partial charge on any atom is 0.325 e. The van der Waals surface area contributed by atoms with Gasteiger partial charge in [-0.05, 0) is 56.3 Å². The van der Waals surface area contributed by atoms with Crippen LogP contribution in [0.1, 0.15) is 63.4 Å². The van der Waals surface area contributed by atoms with Gasteiger partial charge in [0.05, 0.1) is 18.4 Å². The van der Waals surface area contributed by atoms with Gasteiger partial charge in [-0.3, -0.25) is 4.90 Å². The van der Waals surface area contributed by atoms with Gasteiger partial charge in [-0.25, -0.2) is 9.78 Å². The summed E-state index contributed by atoms with van der Waals surface area (Å²) >= 11 is 0. The van der Waals surface area contributed by atoms with Crippen molar-refractivity contribution in [2.24, 2.45) is 17.8 Å². The van der Waals surface area contributed by atoms with Crippen LogP contribution in [0.5, 0.6) is 0 Å². The first kappa shape index (κ1) is 17.5. The number of hydrogen-bond acceptors (Lipinski definition) is 3. The summed E-state index contributed by atoms with van der Waals surface area (Å²) in [6, 6.07) is 0.134. The summed E-state index contributed by atoms with van der Waals surface area (Å²) < 4.78 is 6.03. The molecule has 0 aromatic carbocycles. The van der Waals surface area contributed by atoms with Crippen molar-refractivity contribution in [3.8, 4) is 0 Å². The lowest BCUT2D eigenvalue weighted by Gasteiger charge is -2.31. The quantitative estimate of drug-likeness (QED) is 0.860. The van der Waals surface area contributed by atoms with Gasteiger partial charge in [0.15, 0.2) is 5.82 Å². The van der Waals surface area contributed by atoms with Gasteiger partial charge in [-0.1, -0.05) is 13.8 Å². The van der Waals surface area contributed by atoms with Crippen LogP contribution < -0.4 is 4.90 Å². The molecule has 3 fully saturated rings. The molecule has 5 unspecified atom stereocenters. The molecule has 2 bridgehead atoms. The number of aryl methyl sites for hydroxylation is 1. The van der Waals surface area contributed by atoms with Crippen LogP contribution in [-0.2, 0) is 11.2 Å². The molecular formula is C21H32N4O2. The zero-order valence-electron chi connectivity index (χ0n) is 16.6. The van der Waals surface area contributed by atoms with Crippen LogP contribution in [0, 0.1) is 17.8 Å². The highest BCUT2D eigenvalue weighted by Crippen LogP contribution is 2.60. The van der Waals surface area contributed by atoms with Gasteiger partial charge in [-0.15, -0.1) is 0 Å². The molecule has 1 aromatic rings. The largest absolute Gasteiger partial charge is 0.378 e. The minimum Gasteiger partial charge on any atom is -0.378 e. The number of nitrogens with zero attached hydrogens (tertiary/aromatic N) is 3. The van der Waals surface area contributed by atoms with Crippen LogP contribution in [-0.4, -0.2) is 53.2 Å². The summed E-state index contributed by atoms with van der Waals surface area (Å²) in [5, 5.41) is 0. The maximum absolute atomic E-state index is 13.2. The Morgan fingerprint density at radius 1 is 1.19 bits per heavy atom. The summed E-state index contributed by atoms with van der Waals surface area (Å²) in [7, 11) is 0. The van der Waals surface area contributed by atoms with E-state index >= 15 is 0 Å². The van der Waals surface area contributed by atoms with Crippen molar-refractivity contribution in [3.05, 3.63) is 11.5 Å². The number of hydrogen-bond donors (Lipinski definition) is 1. The molecule has 0 radical (unpaired) electrons. The molecule has 5 rings (SSSR count). The predicted molar refractivity (Wildman–Crippen MR) is 104 cm³/mol. The minimum absolute atomic E-state index is 0.134. The Labute approximate surface area is 161 Å². The number of urea groups is 1. The molecule has 6 heteroatoms. The zero-order chi connectivity index (χ0) is 18.5. The lowest BCUT2D eigenvalue weighted by atomic mass is 9.80. The van der Waals surface area contributed by atoms with Gasteiger partial charge in [0.1, 0.15) is 5.82 Å². The number of fused-ring (bicyclic) bond motifs is 2. The summed E-state index contributed by atoms with van der Waals surface area (Å²) in [5.74, 6) is 4.58. The maximum atomic E-state index is 13.2. The summed E-state index contributed by atoms with van der Waals surface area (Å²) in [6.07, 6.45) is 6.92. The minimum atomic E-state index is 0.134. The Morgan fingerprint density at radius 2 is 2.04 bits per heavy atom. The van der Waals surface area contributed by atoms with Crippen molar-refractivity contribution in [1.29, 1.82) is 0 Å². The number of H-pyrrole nitrogens is 1. The number of carbonyl (C=O) groups excluding carboxylic acids is 1. The Kier molecular flexibility index (Phi) is 4.42. The molecule has 148 valence electrons. The summed E-state index contributed by atoms with van der Waals surface area (Å²) in [6.45, 7) is 7.58. The lowest BCUT2D eigenvalue weighted by Crippen LogP contribution is -2.46. The summed E-state index contributed by atoms with van der Waals surface area (Å²) in [5.41, 5.74) is 1.17. The second-order valence-electron chi connectivity index (χ2n) is 8.91. The average molecular weight is 373 g/mol. The van der Waals surface area contributed by atoms with Crippen LogP contribution in [0.3, 0.4) is 0 Å². The van der Waals surface area contributed by atoms with E-state index in [1.54, 1.807) is 0 Å². The number of anilines is 1. The van der Waals surface area contributed by atoms with Crippen LogP contribution in [0.4, 0.5) is 10.6 Å². The van der Waals surface area contributed by atoms with Crippen molar-refractivity contribution in [2.45, 2.75) is 64.4 Å². The van der Waals surface area contributed by atoms with E-state index < -0.39 is 0 Å². The Bertz CT molecular complexity index is 715. The van der Waals surface area contributed by atoms with E-state index in [2.05, 4.69) is 18.8 Å². The topological polar surface area (TPSA) is 61.5 Å². The Balaban J connectivity index is 1.48. The third-order valence-corrected chi connectivity index (χ3v) is 7.25. The number of aromatic nitrogens is 2. The molecule has 4 aliphatic rings. The fourth-order valence-corrected chi connectivity index (χ4v) is 6.19. The van der Waals surface area contributed by atoms with Crippen molar-refractivity contribution in [2.75, 3.05) is 31.1 Å². The predicted octanol–water partition coefficient (Wildman–Crippen LogP) is 3.54. The molecule has 3 heterocycles.